The van der Waals surface area contributed by atoms with Crippen molar-refractivity contribution in [2.24, 2.45) is 5.41 Å². The average molecular weight is 437 g/mol. The monoisotopic (exact) mass is 437 g/mol. The summed E-state index contributed by atoms with van der Waals surface area (Å²) in [6.45, 7) is 8.11. The van der Waals surface area contributed by atoms with Gasteiger partial charge in [-0.05, 0) is 36.8 Å². The summed E-state index contributed by atoms with van der Waals surface area (Å²) in [6, 6.07) is 1.89. The standard InChI is InChI=1S/C21H26F3N5O2/c1-12-8-15-14(27-18(12)28-19(31)17(30)20(2,3)4)6-5-7-29(15)11-13-9-26-16(10-25-13)21(22,23)24/h8-10,17,30H,5-7,11H2,1-4H3,(H,27,28,31)/t17-/m0/s1. The van der Waals surface area contributed by atoms with Gasteiger partial charge in [-0.15, -0.1) is 0 Å². The van der Waals surface area contributed by atoms with Crippen molar-refractivity contribution < 1.29 is 23.1 Å². The van der Waals surface area contributed by atoms with Crippen LogP contribution in [0.5, 0.6) is 0 Å². The molecule has 168 valence electrons. The summed E-state index contributed by atoms with van der Waals surface area (Å²) < 4.78 is 38.1. The Morgan fingerprint density at radius 2 is 1.97 bits per heavy atom. The number of pyridine rings is 1. The predicted octanol–water partition coefficient (Wildman–Crippen LogP) is 3.50. The third-order valence-corrected chi connectivity index (χ3v) is 5.11. The van der Waals surface area contributed by atoms with Crippen LogP contribution in [0.4, 0.5) is 24.7 Å². The number of rotatable bonds is 4. The number of hydrogen-bond acceptors (Lipinski definition) is 6. The van der Waals surface area contributed by atoms with E-state index in [4.69, 9.17) is 0 Å². The number of halogens is 3. The predicted molar refractivity (Wildman–Crippen MR) is 109 cm³/mol. The Hall–Kier alpha value is -2.75. The van der Waals surface area contributed by atoms with Gasteiger partial charge in [-0.2, -0.15) is 13.2 Å². The van der Waals surface area contributed by atoms with Crippen molar-refractivity contribution >= 4 is 17.4 Å². The second kappa shape index (κ2) is 8.41. The van der Waals surface area contributed by atoms with Crippen LogP contribution in [0.15, 0.2) is 18.5 Å². The Morgan fingerprint density at radius 3 is 2.55 bits per heavy atom. The van der Waals surface area contributed by atoms with Crippen LogP contribution in [0.25, 0.3) is 0 Å². The molecule has 0 bridgehead atoms. The topological polar surface area (TPSA) is 91.2 Å². The highest BCUT2D eigenvalue weighted by molar-refractivity contribution is 5.94. The minimum Gasteiger partial charge on any atom is -0.383 e. The lowest BCUT2D eigenvalue weighted by atomic mass is 9.88. The van der Waals surface area contributed by atoms with Gasteiger partial charge < -0.3 is 15.3 Å². The van der Waals surface area contributed by atoms with Crippen LogP contribution in [0.2, 0.25) is 0 Å². The Morgan fingerprint density at radius 1 is 1.26 bits per heavy atom. The number of carbonyl (C=O) groups is 1. The Kier molecular flexibility index (Phi) is 6.22. The molecule has 2 aromatic heterocycles. The van der Waals surface area contributed by atoms with Crippen LogP contribution in [0, 0.1) is 12.3 Å². The first-order chi connectivity index (χ1) is 14.4. The van der Waals surface area contributed by atoms with Crippen LogP contribution in [-0.2, 0) is 23.9 Å². The van der Waals surface area contributed by atoms with Crippen LogP contribution in [0.1, 0.15) is 49.8 Å². The van der Waals surface area contributed by atoms with E-state index in [1.165, 1.54) is 0 Å². The number of anilines is 2. The molecule has 3 heterocycles. The molecule has 0 saturated heterocycles. The third kappa shape index (κ3) is 5.30. The van der Waals surface area contributed by atoms with Crippen LogP contribution < -0.4 is 10.2 Å². The molecule has 31 heavy (non-hydrogen) atoms. The summed E-state index contributed by atoms with van der Waals surface area (Å²) in [4.78, 5) is 26.3. The maximum absolute atomic E-state index is 12.7. The van der Waals surface area contributed by atoms with Gasteiger partial charge in [0.1, 0.15) is 11.9 Å². The zero-order valence-electron chi connectivity index (χ0n) is 17.9. The molecule has 0 aliphatic carbocycles. The Labute approximate surface area is 178 Å². The summed E-state index contributed by atoms with van der Waals surface area (Å²) in [7, 11) is 0. The summed E-state index contributed by atoms with van der Waals surface area (Å²) in [6.07, 6.45) is -2.32. The number of alkyl halides is 3. The van der Waals surface area contributed by atoms with Gasteiger partial charge in [0, 0.05) is 6.54 Å². The fourth-order valence-electron chi connectivity index (χ4n) is 3.30. The van der Waals surface area contributed by atoms with E-state index in [0.717, 1.165) is 35.8 Å². The van der Waals surface area contributed by atoms with Crippen molar-refractivity contribution in [1.29, 1.82) is 0 Å². The molecule has 2 aromatic rings. The molecular weight excluding hydrogens is 411 g/mol. The number of nitrogens with one attached hydrogen (secondary N) is 1. The molecule has 0 unspecified atom stereocenters. The van der Waals surface area contributed by atoms with Gasteiger partial charge >= 0.3 is 6.18 Å². The van der Waals surface area contributed by atoms with Crippen LogP contribution in [-0.4, -0.2) is 38.6 Å². The molecule has 0 radical (unpaired) electrons. The number of aliphatic hydroxyl groups excluding tert-OH is 1. The Balaban J connectivity index is 1.79. The van der Waals surface area contributed by atoms with Gasteiger partial charge in [-0.25, -0.2) is 9.97 Å². The first kappa shape index (κ1) is 22.9. The number of hydrogen-bond donors (Lipinski definition) is 2. The minimum atomic E-state index is -4.52. The molecule has 0 fully saturated rings. The third-order valence-electron chi connectivity index (χ3n) is 5.11. The fourth-order valence-corrected chi connectivity index (χ4v) is 3.30. The lowest BCUT2D eigenvalue weighted by Crippen LogP contribution is -2.38. The molecule has 0 saturated carbocycles. The van der Waals surface area contributed by atoms with E-state index in [0.29, 0.717) is 31.0 Å². The number of aliphatic hydroxyl groups is 1. The first-order valence-electron chi connectivity index (χ1n) is 9.99. The summed E-state index contributed by atoms with van der Waals surface area (Å²) in [5.74, 6) is -0.126. The molecule has 3 rings (SSSR count). The van der Waals surface area contributed by atoms with E-state index in [2.05, 4.69) is 20.3 Å². The normalized spacial score (nSPS) is 15.4. The molecule has 7 nitrogen and oxygen atoms in total. The van der Waals surface area contributed by atoms with Crippen molar-refractivity contribution in [2.75, 3.05) is 16.8 Å². The smallest absolute Gasteiger partial charge is 0.383 e. The minimum absolute atomic E-state index is 0.299. The summed E-state index contributed by atoms with van der Waals surface area (Å²) in [5, 5.41) is 12.9. The van der Waals surface area contributed by atoms with Gasteiger partial charge in [-0.3, -0.25) is 9.78 Å². The average Bonchev–Trinajstić information content (AvgIpc) is 2.67. The number of nitrogens with zero attached hydrogens (tertiary/aromatic N) is 4. The van der Waals surface area contributed by atoms with E-state index in [1.807, 2.05) is 11.0 Å². The van der Waals surface area contributed by atoms with Crippen molar-refractivity contribution in [2.45, 2.75) is 59.4 Å². The summed E-state index contributed by atoms with van der Waals surface area (Å²) >= 11 is 0. The quantitative estimate of drug-likeness (QED) is 0.761. The van der Waals surface area contributed by atoms with Gasteiger partial charge in [-0.1, -0.05) is 20.8 Å². The first-order valence-corrected chi connectivity index (χ1v) is 9.99. The van der Waals surface area contributed by atoms with Crippen molar-refractivity contribution in [3.8, 4) is 0 Å². The van der Waals surface area contributed by atoms with Gasteiger partial charge in [0.25, 0.3) is 5.91 Å². The van der Waals surface area contributed by atoms with E-state index in [-0.39, 0.29) is 0 Å². The van der Waals surface area contributed by atoms with E-state index < -0.39 is 29.3 Å². The maximum atomic E-state index is 12.7. The highest BCUT2D eigenvalue weighted by atomic mass is 19.4. The molecule has 0 spiro atoms. The lowest BCUT2D eigenvalue weighted by Gasteiger charge is -2.31. The molecule has 1 aliphatic rings. The zero-order valence-corrected chi connectivity index (χ0v) is 17.9. The lowest BCUT2D eigenvalue weighted by molar-refractivity contribution is -0.141. The molecule has 10 heteroatoms. The maximum Gasteiger partial charge on any atom is 0.434 e. The molecule has 1 amide bonds. The second-order valence-corrected chi connectivity index (χ2v) is 8.79. The Bertz CT molecular complexity index is 955. The highest BCUT2D eigenvalue weighted by Gasteiger charge is 2.33. The summed E-state index contributed by atoms with van der Waals surface area (Å²) in [5.41, 5.74) is 1.14. The van der Waals surface area contributed by atoms with E-state index in [1.54, 1.807) is 27.7 Å². The molecule has 0 aromatic carbocycles. The van der Waals surface area contributed by atoms with Crippen LogP contribution in [0.3, 0.4) is 0 Å². The highest BCUT2D eigenvalue weighted by Crippen LogP contribution is 2.31. The number of aryl methyl sites for hydroxylation is 2. The van der Waals surface area contributed by atoms with Crippen molar-refractivity contribution in [3.05, 3.63) is 41.1 Å². The SMILES string of the molecule is Cc1cc2c(nc1NC(=O)[C@H](O)C(C)(C)C)CCCN2Cc1cnc(C(F)(F)F)cn1. The molecule has 1 atom stereocenters. The zero-order chi connectivity index (χ0) is 23.0. The van der Waals surface area contributed by atoms with Crippen molar-refractivity contribution in [3.63, 3.8) is 0 Å². The van der Waals surface area contributed by atoms with E-state index in [9.17, 15) is 23.1 Å². The molecule has 1 aliphatic heterocycles. The van der Waals surface area contributed by atoms with Crippen LogP contribution >= 0.6 is 0 Å². The van der Waals surface area contributed by atoms with Crippen molar-refractivity contribution in [1.82, 2.24) is 15.0 Å². The largest absolute Gasteiger partial charge is 0.434 e. The number of amides is 1. The number of aromatic nitrogens is 3. The van der Waals surface area contributed by atoms with Gasteiger partial charge in [0.05, 0.1) is 36.0 Å². The fraction of sp³-hybridized carbons (Fsp3) is 0.524. The van der Waals surface area contributed by atoms with E-state index >= 15 is 0 Å². The van der Waals surface area contributed by atoms with Gasteiger partial charge in [0.2, 0.25) is 0 Å². The number of carbonyl (C=O) groups excluding carboxylic acids is 1. The molecule has 2 N–H and O–H groups in total. The van der Waals surface area contributed by atoms with Gasteiger partial charge in [0.15, 0.2) is 5.69 Å². The number of fused-ring (bicyclic) bond motifs is 1. The molecular formula is C21H26F3N5O2. The second-order valence-electron chi connectivity index (χ2n) is 8.79.